The minimum Gasteiger partial charge on any atom is -0.309 e. The molecule has 9 rings (SSSR count). The van der Waals surface area contributed by atoms with Crippen molar-refractivity contribution >= 4 is 52.9 Å². The number of fused-ring (bicyclic) bond motifs is 2. The molecule has 0 saturated heterocycles. The van der Waals surface area contributed by atoms with E-state index in [4.69, 9.17) is 0 Å². The highest BCUT2D eigenvalue weighted by Crippen LogP contribution is 2.50. The molecule has 0 spiro atoms. The van der Waals surface area contributed by atoms with Crippen molar-refractivity contribution in [2.45, 2.75) is 20.3 Å². The molecule has 232 valence electrons. The minimum absolute atomic E-state index is 0.679. The van der Waals surface area contributed by atoms with Crippen molar-refractivity contribution in [2.24, 2.45) is 0 Å². The molecular formula is C46H38NP. The Labute approximate surface area is 286 Å². The molecule has 1 aliphatic heterocycles. The molecule has 0 fully saturated rings. The molecule has 6 aromatic carbocycles. The highest BCUT2D eigenvalue weighted by atomic mass is 31.1. The maximum absolute atomic E-state index is 3.15. The summed E-state index contributed by atoms with van der Waals surface area (Å²) in [7, 11) is 0.679. The second-order valence-corrected chi connectivity index (χ2v) is 13.0. The summed E-state index contributed by atoms with van der Waals surface area (Å²) in [6.45, 7) is 4.00. The molecule has 6 aromatic rings. The average Bonchev–Trinajstić information content (AvgIpc) is 3.88. The predicted molar refractivity (Wildman–Crippen MR) is 211 cm³/mol. The molecule has 0 radical (unpaired) electrons. The van der Waals surface area contributed by atoms with E-state index in [1.54, 1.807) is 0 Å². The zero-order valence-corrected chi connectivity index (χ0v) is 28.4. The Bertz CT molecular complexity index is 2210. The third kappa shape index (κ3) is 6.27. The topological polar surface area (TPSA) is 3.24 Å². The molecule has 1 heterocycles. The third-order valence-corrected chi connectivity index (χ3v) is 10.1. The average molecular weight is 636 g/mol. The molecule has 3 aliphatic rings. The van der Waals surface area contributed by atoms with Gasteiger partial charge >= 0.3 is 0 Å². The van der Waals surface area contributed by atoms with Crippen LogP contribution < -0.4 is 10.2 Å². The van der Waals surface area contributed by atoms with Crippen LogP contribution in [0.3, 0.4) is 0 Å². The lowest BCUT2D eigenvalue weighted by Crippen LogP contribution is -2.15. The smallest absolute Gasteiger partial charge is 0.0546 e. The fourth-order valence-corrected chi connectivity index (χ4v) is 7.81. The lowest BCUT2D eigenvalue weighted by Gasteiger charge is -2.33. The van der Waals surface area contributed by atoms with Gasteiger partial charge in [0.1, 0.15) is 0 Å². The van der Waals surface area contributed by atoms with E-state index in [1.165, 1.54) is 71.9 Å². The van der Waals surface area contributed by atoms with Crippen LogP contribution in [-0.4, -0.2) is 0 Å². The number of allylic oxidation sites excluding steroid dienone is 7. The van der Waals surface area contributed by atoms with Crippen LogP contribution in [0.15, 0.2) is 187 Å². The number of para-hydroxylation sites is 1. The summed E-state index contributed by atoms with van der Waals surface area (Å²) in [5, 5.41) is 5.51. The molecule has 0 N–H and O–H groups in total. The van der Waals surface area contributed by atoms with Gasteiger partial charge in [-0.05, 0) is 81.1 Å². The van der Waals surface area contributed by atoms with Gasteiger partial charge < -0.3 is 4.90 Å². The van der Waals surface area contributed by atoms with E-state index in [0.717, 1.165) is 6.42 Å². The van der Waals surface area contributed by atoms with E-state index < -0.39 is 0 Å². The Kier molecular flexibility index (Phi) is 9.44. The summed E-state index contributed by atoms with van der Waals surface area (Å²) in [6, 6.07) is 52.3. The van der Waals surface area contributed by atoms with E-state index in [0.29, 0.717) is 8.58 Å². The van der Waals surface area contributed by atoms with Crippen LogP contribution in [0.5, 0.6) is 0 Å². The molecule has 2 heteroatoms. The van der Waals surface area contributed by atoms with E-state index >= 15 is 0 Å². The van der Waals surface area contributed by atoms with Crippen LogP contribution in [0.25, 0.3) is 33.0 Å². The van der Waals surface area contributed by atoms with Crippen molar-refractivity contribution in [3.05, 3.63) is 198 Å². The van der Waals surface area contributed by atoms with Gasteiger partial charge in [0, 0.05) is 22.2 Å². The molecule has 48 heavy (non-hydrogen) atoms. The van der Waals surface area contributed by atoms with Crippen molar-refractivity contribution in [3.8, 4) is 11.1 Å². The van der Waals surface area contributed by atoms with Crippen molar-refractivity contribution in [1.29, 1.82) is 0 Å². The fraction of sp³-hybridized carbons (Fsp3) is 0.0652. The Morgan fingerprint density at radius 3 is 1.96 bits per heavy atom. The second kappa shape index (κ2) is 14.5. The van der Waals surface area contributed by atoms with Gasteiger partial charge in [-0.25, -0.2) is 0 Å². The van der Waals surface area contributed by atoms with E-state index in [2.05, 4.69) is 156 Å². The minimum atomic E-state index is 0.679. The number of anilines is 3. The molecule has 0 bridgehead atoms. The Balaban J connectivity index is 0.000000236. The molecule has 2 aliphatic carbocycles. The zero-order valence-electron chi connectivity index (χ0n) is 27.4. The van der Waals surface area contributed by atoms with Crippen LogP contribution >= 0.6 is 8.58 Å². The summed E-state index contributed by atoms with van der Waals surface area (Å²) >= 11 is 0. The van der Waals surface area contributed by atoms with Gasteiger partial charge in [0.15, 0.2) is 0 Å². The highest BCUT2D eigenvalue weighted by molar-refractivity contribution is 7.52. The van der Waals surface area contributed by atoms with Gasteiger partial charge in [-0.3, -0.25) is 0 Å². The van der Waals surface area contributed by atoms with Gasteiger partial charge in [-0.15, -0.1) is 5.73 Å². The Hall–Kier alpha value is -5.45. The molecule has 1 atom stereocenters. The van der Waals surface area contributed by atoms with Gasteiger partial charge in [0.25, 0.3) is 0 Å². The van der Waals surface area contributed by atoms with E-state index in [1.807, 2.05) is 44.2 Å². The lowest BCUT2D eigenvalue weighted by molar-refractivity contribution is 1.29. The first-order valence-corrected chi connectivity index (χ1v) is 17.8. The molecule has 0 aromatic heterocycles. The summed E-state index contributed by atoms with van der Waals surface area (Å²) < 4.78 is 0. The fourth-order valence-electron chi connectivity index (χ4n) is 6.54. The number of rotatable bonds is 5. The summed E-state index contributed by atoms with van der Waals surface area (Å²) in [5.41, 5.74) is 14.6. The predicted octanol–water partition coefficient (Wildman–Crippen LogP) is 12.8. The van der Waals surface area contributed by atoms with E-state index in [9.17, 15) is 0 Å². The van der Waals surface area contributed by atoms with Crippen LogP contribution in [-0.2, 0) is 0 Å². The van der Waals surface area contributed by atoms with E-state index in [-0.39, 0.29) is 0 Å². The van der Waals surface area contributed by atoms with Crippen molar-refractivity contribution < 1.29 is 0 Å². The standard InChI is InChI=1S/C33H24NP.C11H8.C2H6/c1-2-9-23(10-3-1)27-14-8-18-32(27)35-26-21-19-25(20-22-26)34-30-16-5-4-13-28(30)29-15-6-11-24-12-7-17-31(34)33(24)29;1-2-6-10(7-3-1)11-8-4-5-9-11;1-2/h1-17,19-22,35H,18H2;1-8H;1-2H3. The molecule has 1 nitrogen and oxygen atoms in total. The molecular weight excluding hydrogens is 597 g/mol. The largest absolute Gasteiger partial charge is 0.309 e. The number of hydrogen-bond donors (Lipinski definition) is 0. The molecule has 1 unspecified atom stereocenters. The first-order chi connectivity index (χ1) is 23.8. The SMILES string of the molecule is C1=CC(c2ccccc2)=C(Pc2ccc(N3c4ccccc4-c4cccc5cccc3c45)cc2)C1.C1=CC=CC=1c1ccccc1.CC. The van der Waals surface area contributed by atoms with Gasteiger partial charge in [-0.2, -0.15) is 0 Å². The van der Waals surface area contributed by atoms with Crippen molar-refractivity contribution in [3.63, 3.8) is 0 Å². The quantitative estimate of drug-likeness (QED) is 0.134. The van der Waals surface area contributed by atoms with Gasteiger partial charge in [0.05, 0.1) is 11.4 Å². The number of nitrogens with zero attached hydrogens (tertiary/aromatic N) is 1. The molecule has 0 saturated carbocycles. The lowest BCUT2D eigenvalue weighted by atomic mass is 9.91. The summed E-state index contributed by atoms with van der Waals surface area (Å²) in [5.74, 6) is 0. The highest BCUT2D eigenvalue weighted by Gasteiger charge is 2.25. The zero-order chi connectivity index (χ0) is 32.7. The van der Waals surface area contributed by atoms with Gasteiger partial charge in [-0.1, -0.05) is 162 Å². The first-order valence-electron chi connectivity index (χ1n) is 16.8. The normalized spacial score (nSPS) is 13.7. The third-order valence-electron chi connectivity index (χ3n) is 8.68. The summed E-state index contributed by atoms with van der Waals surface area (Å²) in [6.07, 6.45) is 11.6. The Morgan fingerprint density at radius 1 is 0.583 bits per heavy atom. The number of benzene rings is 6. The number of hydrogen-bond acceptors (Lipinski definition) is 1. The monoisotopic (exact) mass is 635 g/mol. The second-order valence-electron chi connectivity index (χ2n) is 11.5. The maximum atomic E-state index is 3.15. The Morgan fingerprint density at radius 2 is 1.23 bits per heavy atom. The summed E-state index contributed by atoms with van der Waals surface area (Å²) in [4.78, 5) is 2.42. The van der Waals surface area contributed by atoms with Crippen LogP contribution in [0, 0.1) is 0 Å². The maximum Gasteiger partial charge on any atom is 0.0546 e. The van der Waals surface area contributed by atoms with Crippen molar-refractivity contribution in [2.75, 3.05) is 4.90 Å². The molecule has 0 amide bonds. The van der Waals surface area contributed by atoms with Crippen LogP contribution in [0.2, 0.25) is 0 Å². The first kappa shape index (κ1) is 31.2. The van der Waals surface area contributed by atoms with Crippen LogP contribution in [0.4, 0.5) is 17.1 Å². The van der Waals surface area contributed by atoms with Crippen molar-refractivity contribution in [1.82, 2.24) is 0 Å². The van der Waals surface area contributed by atoms with Crippen LogP contribution in [0.1, 0.15) is 31.4 Å². The van der Waals surface area contributed by atoms with Gasteiger partial charge in [0.2, 0.25) is 0 Å².